The van der Waals surface area contributed by atoms with E-state index in [9.17, 15) is 43.2 Å². The van der Waals surface area contributed by atoms with Gasteiger partial charge in [-0.2, -0.15) is 0 Å². The van der Waals surface area contributed by atoms with Crippen LogP contribution in [0.1, 0.15) is 35.2 Å². The molecule has 0 radical (unpaired) electrons. The average molecular weight is 591 g/mol. The van der Waals surface area contributed by atoms with E-state index < -0.39 is 73.8 Å². The van der Waals surface area contributed by atoms with Crippen LogP contribution in [0.5, 0.6) is 5.75 Å². The van der Waals surface area contributed by atoms with Crippen LogP contribution in [-0.2, 0) is 26.0 Å². The van der Waals surface area contributed by atoms with Crippen molar-refractivity contribution in [3.05, 3.63) is 45.9 Å². The molecule has 0 unspecified atom stereocenters. The molecule has 41 heavy (non-hydrogen) atoms. The summed E-state index contributed by atoms with van der Waals surface area (Å²) in [6.45, 7) is 2.05. The fraction of sp³-hybridized carbons (Fsp3) is 0.519. The van der Waals surface area contributed by atoms with Crippen LogP contribution in [0.4, 0.5) is 5.69 Å². The van der Waals surface area contributed by atoms with Crippen molar-refractivity contribution in [1.29, 1.82) is 0 Å². The van der Waals surface area contributed by atoms with Crippen LogP contribution in [0.15, 0.2) is 34.8 Å². The van der Waals surface area contributed by atoms with Gasteiger partial charge in [-0.25, -0.2) is 8.42 Å². The molecule has 1 amide bonds. The summed E-state index contributed by atoms with van der Waals surface area (Å²) < 4.78 is 28.0. The van der Waals surface area contributed by atoms with Crippen molar-refractivity contribution in [2.75, 3.05) is 44.2 Å². The summed E-state index contributed by atoms with van der Waals surface area (Å²) in [6.07, 6.45) is 2.05. The lowest BCUT2D eigenvalue weighted by atomic mass is 9.58. The normalized spacial score (nSPS) is 28.5. The minimum absolute atomic E-state index is 0.0572. The van der Waals surface area contributed by atoms with E-state index in [4.69, 9.17) is 5.73 Å². The average Bonchev–Trinajstić information content (AvgIpc) is 3.38. The number of sulfonamides is 1. The quantitative estimate of drug-likeness (QED) is 0.232. The van der Waals surface area contributed by atoms with Gasteiger partial charge in [0.15, 0.2) is 11.4 Å². The molecule has 1 aromatic rings. The molecule has 13 nitrogen and oxygen atoms in total. The Morgan fingerprint density at radius 3 is 2.44 bits per heavy atom. The second kappa shape index (κ2) is 10.1. The molecule has 0 aromatic heterocycles. The first kappa shape index (κ1) is 29.0. The van der Waals surface area contributed by atoms with Gasteiger partial charge in [0.2, 0.25) is 15.8 Å². The van der Waals surface area contributed by atoms with E-state index in [0.717, 1.165) is 32.0 Å². The Bertz CT molecular complexity index is 1510. The molecule has 1 aromatic carbocycles. The van der Waals surface area contributed by atoms with E-state index in [-0.39, 0.29) is 35.4 Å². The summed E-state index contributed by atoms with van der Waals surface area (Å²) in [5, 5.41) is 44.5. The van der Waals surface area contributed by atoms with Crippen molar-refractivity contribution >= 4 is 33.2 Å². The first-order valence-corrected chi connectivity index (χ1v) is 15.1. The summed E-state index contributed by atoms with van der Waals surface area (Å²) in [7, 11) is -0.662. The molecule has 7 N–H and O–H groups in total. The first-order valence-electron chi connectivity index (χ1n) is 13.4. The zero-order valence-corrected chi connectivity index (χ0v) is 23.6. The maximum atomic E-state index is 13.6. The predicted octanol–water partition coefficient (Wildman–Crippen LogP) is -0.0419. The number of aliphatic hydroxyl groups is 3. The molecule has 1 heterocycles. The minimum atomic E-state index is -3.76. The molecule has 0 bridgehead atoms. The van der Waals surface area contributed by atoms with Crippen molar-refractivity contribution in [2.24, 2.45) is 17.6 Å². The highest BCUT2D eigenvalue weighted by atomic mass is 32.2. The number of carbonyl (C=O) groups excluding carboxylic acids is 3. The summed E-state index contributed by atoms with van der Waals surface area (Å²) >= 11 is 0. The lowest BCUT2D eigenvalue weighted by Crippen LogP contribution is -2.63. The van der Waals surface area contributed by atoms with E-state index in [0.29, 0.717) is 12.1 Å². The van der Waals surface area contributed by atoms with E-state index in [1.54, 1.807) is 14.1 Å². The number of amides is 1. The number of fused-ring (bicyclic) bond motifs is 3. The van der Waals surface area contributed by atoms with Crippen molar-refractivity contribution in [1.82, 2.24) is 9.80 Å². The largest absolute Gasteiger partial charge is 0.510 e. The number of anilines is 1. The number of phenolic OH excluding ortho intramolecular Hbond substituents is 1. The van der Waals surface area contributed by atoms with E-state index in [2.05, 4.69) is 9.62 Å². The number of nitrogens with zero attached hydrogens (tertiary/aromatic N) is 2. The lowest BCUT2D eigenvalue weighted by molar-refractivity contribution is -0.148. The van der Waals surface area contributed by atoms with Crippen LogP contribution in [0.2, 0.25) is 0 Å². The highest BCUT2D eigenvalue weighted by molar-refractivity contribution is 7.92. The monoisotopic (exact) mass is 590 g/mol. The number of primary amides is 1. The summed E-state index contributed by atoms with van der Waals surface area (Å²) in [4.78, 5) is 42.5. The van der Waals surface area contributed by atoms with Gasteiger partial charge in [-0.15, -0.1) is 0 Å². The number of nitrogens with two attached hydrogens (primary N) is 1. The van der Waals surface area contributed by atoms with Crippen molar-refractivity contribution in [3.8, 4) is 5.75 Å². The molecule has 1 aliphatic heterocycles. The van der Waals surface area contributed by atoms with Gasteiger partial charge >= 0.3 is 0 Å². The topological polar surface area (TPSA) is 211 Å². The highest BCUT2D eigenvalue weighted by Crippen LogP contribution is 2.52. The maximum Gasteiger partial charge on any atom is 0.255 e. The van der Waals surface area contributed by atoms with Gasteiger partial charge in [0.25, 0.3) is 5.91 Å². The van der Waals surface area contributed by atoms with Gasteiger partial charge in [0, 0.05) is 24.1 Å². The predicted molar refractivity (Wildman–Crippen MR) is 147 cm³/mol. The number of nitrogens with one attached hydrogen (secondary N) is 1. The smallest absolute Gasteiger partial charge is 0.255 e. The van der Waals surface area contributed by atoms with Crippen LogP contribution in [0.3, 0.4) is 0 Å². The van der Waals surface area contributed by atoms with Crippen LogP contribution in [-0.4, -0.2) is 107 Å². The molecule has 0 spiro atoms. The number of rotatable bonds is 7. The number of Topliss-reactive ketones (excluding diaryl/α,β-unsaturated/α-hetero) is 2. The minimum Gasteiger partial charge on any atom is -0.510 e. The lowest BCUT2D eigenvalue weighted by Gasteiger charge is -2.50. The third-order valence-corrected chi connectivity index (χ3v) is 9.95. The number of allylic oxidation sites excluding steroid dienone is 1. The number of phenols is 1. The van der Waals surface area contributed by atoms with Gasteiger partial charge in [-0.3, -0.25) is 24.0 Å². The zero-order chi connectivity index (χ0) is 30.0. The van der Waals surface area contributed by atoms with Gasteiger partial charge in [-0.1, -0.05) is 0 Å². The number of carbonyl (C=O) groups is 3. The molecule has 1 fully saturated rings. The summed E-state index contributed by atoms with van der Waals surface area (Å²) in [5.41, 5.74) is 1.67. The summed E-state index contributed by atoms with van der Waals surface area (Å²) in [6, 6.07) is 1.46. The molecular weight excluding hydrogens is 556 g/mol. The first-order chi connectivity index (χ1) is 19.2. The molecule has 3 aliphatic carbocycles. The Morgan fingerprint density at radius 2 is 1.83 bits per heavy atom. The molecule has 4 atom stereocenters. The highest BCUT2D eigenvalue weighted by Gasteiger charge is 2.63. The van der Waals surface area contributed by atoms with Crippen LogP contribution in [0.25, 0.3) is 0 Å². The number of benzene rings is 1. The maximum absolute atomic E-state index is 13.6. The number of ketones is 2. The van der Waals surface area contributed by atoms with Crippen molar-refractivity contribution in [3.63, 3.8) is 0 Å². The Hall–Kier alpha value is -3.46. The fourth-order valence-corrected chi connectivity index (χ4v) is 7.90. The van der Waals surface area contributed by atoms with Gasteiger partial charge in [0.1, 0.15) is 22.8 Å². The Balaban J connectivity index is 1.51. The van der Waals surface area contributed by atoms with E-state index in [1.807, 2.05) is 0 Å². The van der Waals surface area contributed by atoms with Crippen molar-refractivity contribution in [2.45, 2.75) is 37.3 Å². The third kappa shape index (κ3) is 4.68. The van der Waals surface area contributed by atoms with E-state index >= 15 is 0 Å². The Morgan fingerprint density at radius 1 is 1.17 bits per heavy atom. The number of hydrogen-bond acceptors (Lipinski definition) is 11. The number of likely N-dealkylation sites (tertiary alicyclic amines) is 1. The molecular formula is C27H34N4O9S. The molecule has 14 heteroatoms. The Labute approximate surface area is 237 Å². The molecule has 5 rings (SSSR count). The third-order valence-electron chi connectivity index (χ3n) is 8.68. The van der Waals surface area contributed by atoms with Crippen LogP contribution < -0.4 is 10.5 Å². The molecule has 4 aliphatic rings. The SMILES string of the molecule is CN(C)[C@@H]1C(O)=C(C(N)=O)C(=O)[C@@]2(O)C(O)=C3C(=O)c4c(O)cc(NS(=O)(=O)CCN5CCCC5)cc4C[C@H]3C[C@@H]12. The second-order valence-electron chi connectivity index (χ2n) is 11.5. The standard InChI is InChI=1S/C27H34N4O9S/c1-30(2)21-16-11-14-9-13-10-15(29-41(39,40)8-7-31-5-3-4-6-31)12-17(32)18(13)22(33)19(14)24(35)27(16,38)25(36)20(23(21)34)26(28)37/h10,12,14,16,21,29,32,34-35,38H,3-9,11H2,1-2H3,(H2,28,37)/t14-,16-,21-,27-/m0/s1. The fourth-order valence-electron chi connectivity index (χ4n) is 6.82. The van der Waals surface area contributed by atoms with Gasteiger partial charge in [-0.05, 0) is 70.4 Å². The van der Waals surface area contributed by atoms with Crippen LogP contribution >= 0.6 is 0 Å². The number of likely N-dealkylation sites (N-methyl/N-ethyl adjacent to an activating group) is 1. The molecule has 0 saturated carbocycles. The van der Waals surface area contributed by atoms with E-state index in [1.165, 1.54) is 11.0 Å². The summed E-state index contributed by atoms with van der Waals surface area (Å²) in [5.74, 6) is -7.61. The Kier molecular flexibility index (Phi) is 7.17. The zero-order valence-electron chi connectivity index (χ0n) is 22.8. The number of aromatic hydroxyl groups is 1. The van der Waals surface area contributed by atoms with Gasteiger partial charge < -0.3 is 31.1 Å². The number of aliphatic hydroxyl groups excluding tert-OH is 2. The van der Waals surface area contributed by atoms with Gasteiger partial charge in [0.05, 0.1) is 23.0 Å². The molecule has 222 valence electrons. The second-order valence-corrected chi connectivity index (χ2v) is 13.3. The molecule has 1 saturated heterocycles. The van der Waals surface area contributed by atoms with Crippen LogP contribution in [0, 0.1) is 11.8 Å². The van der Waals surface area contributed by atoms with Crippen molar-refractivity contribution < 1.29 is 43.2 Å². The number of hydrogen-bond donors (Lipinski definition) is 6.